The Kier molecular flexibility index (Phi) is 14.1. The number of carbonyl (C=O) groups is 1. The topological polar surface area (TPSA) is 335 Å². The first-order chi connectivity index (χ1) is 31.2. The van der Waals surface area contributed by atoms with Crippen molar-refractivity contribution in [2.24, 2.45) is 56.7 Å². The molecule has 0 aromatic rings. The third-order valence-corrected chi connectivity index (χ3v) is 18.6. The van der Waals surface area contributed by atoms with Gasteiger partial charge < -0.3 is 94.8 Å². The molecule has 0 spiro atoms. The molecule has 20 heteroatoms. The van der Waals surface area contributed by atoms with Gasteiger partial charge in [0.05, 0.1) is 56.3 Å². The van der Waals surface area contributed by atoms with Crippen molar-refractivity contribution in [3.8, 4) is 0 Å². The van der Waals surface area contributed by atoms with Gasteiger partial charge in [-0.1, -0.05) is 53.2 Å². The maximum atomic E-state index is 14.6. The summed E-state index contributed by atoms with van der Waals surface area (Å²) in [6.07, 6.45) is -22.1. The minimum atomic E-state index is -1.76. The Morgan fingerprint density at radius 2 is 1.33 bits per heavy atom. The molecule has 15 unspecified atom stereocenters. The SMILES string of the molecule is CC1OC(OC2C(OC(=O)[C@@H]3CC(C)(C)C[C@@H]4C5=CC[C@@H]6[C@@]7(C)C[C@H](O)[C@H](OC8OC(CO)C(O)C(O)C8O)[C@@](C)(CO)C7[C@H](O)C[C@@]6(C)[C@]5(C)C[C@@H](O)[C@H]43)OCC(O)C2O)C(O)C(O)C1O. The van der Waals surface area contributed by atoms with Crippen LogP contribution in [-0.2, 0) is 33.2 Å². The second kappa shape index (κ2) is 18.2. The Morgan fingerprint density at radius 3 is 1.97 bits per heavy atom. The van der Waals surface area contributed by atoms with Crippen LogP contribution in [0.4, 0.5) is 0 Å². The van der Waals surface area contributed by atoms with Crippen LogP contribution in [0.25, 0.3) is 0 Å². The number of allylic oxidation sites excluding steroid dienone is 2. The van der Waals surface area contributed by atoms with E-state index in [1.807, 2.05) is 20.8 Å². The van der Waals surface area contributed by atoms with Crippen LogP contribution in [0.3, 0.4) is 0 Å². The number of hydrogen-bond acceptors (Lipinski definition) is 20. The summed E-state index contributed by atoms with van der Waals surface area (Å²) in [5.74, 6) is -3.43. The quantitative estimate of drug-likeness (QED) is 0.0682. The zero-order chi connectivity index (χ0) is 49.2. The summed E-state index contributed by atoms with van der Waals surface area (Å²) in [7, 11) is 0. The van der Waals surface area contributed by atoms with Crippen LogP contribution in [0.2, 0.25) is 0 Å². The third kappa shape index (κ3) is 8.18. The van der Waals surface area contributed by atoms with Gasteiger partial charge in [-0.2, -0.15) is 0 Å². The number of aliphatic hydroxyl groups excluding tert-OH is 13. The van der Waals surface area contributed by atoms with Gasteiger partial charge in [-0.25, -0.2) is 0 Å². The van der Waals surface area contributed by atoms with Gasteiger partial charge in [0.2, 0.25) is 6.29 Å². The fourth-order valence-corrected chi connectivity index (χ4v) is 15.3. The average Bonchev–Trinajstić information content (AvgIpc) is 3.25. The van der Waals surface area contributed by atoms with Gasteiger partial charge >= 0.3 is 5.97 Å². The fraction of sp³-hybridized carbons (Fsp3) is 0.936. The Labute approximate surface area is 390 Å². The Hall–Kier alpha value is -1.51. The summed E-state index contributed by atoms with van der Waals surface area (Å²) in [6, 6.07) is 0. The van der Waals surface area contributed by atoms with Gasteiger partial charge in [-0.3, -0.25) is 4.79 Å². The molecule has 0 amide bonds. The lowest BCUT2D eigenvalue weighted by Gasteiger charge is -2.72. The van der Waals surface area contributed by atoms with Crippen LogP contribution in [0, 0.1) is 56.7 Å². The first-order valence-electron chi connectivity index (χ1n) is 24.0. The minimum absolute atomic E-state index is 0.106. The van der Waals surface area contributed by atoms with Crippen LogP contribution in [0.1, 0.15) is 87.0 Å². The lowest BCUT2D eigenvalue weighted by Crippen LogP contribution is -2.72. The number of carbonyl (C=O) groups excluding carboxylic acids is 1. The molecular weight excluding hydrogens is 884 g/mol. The summed E-state index contributed by atoms with van der Waals surface area (Å²) in [4.78, 5) is 14.6. The molecule has 8 rings (SSSR count). The summed E-state index contributed by atoms with van der Waals surface area (Å²) < 4.78 is 35.0. The molecule has 20 nitrogen and oxygen atoms in total. The largest absolute Gasteiger partial charge is 0.432 e. The van der Waals surface area contributed by atoms with Crippen molar-refractivity contribution in [1.82, 2.24) is 0 Å². The number of esters is 1. The van der Waals surface area contributed by atoms with E-state index >= 15 is 0 Å². The summed E-state index contributed by atoms with van der Waals surface area (Å²) in [5, 5.41) is 143. The summed E-state index contributed by atoms with van der Waals surface area (Å²) in [5.41, 5.74) is -3.01. The second-order valence-corrected chi connectivity index (χ2v) is 23.3. The highest BCUT2D eigenvalue weighted by molar-refractivity contribution is 5.73. The van der Waals surface area contributed by atoms with E-state index in [0.717, 1.165) is 5.57 Å². The molecule has 0 aromatic heterocycles. The van der Waals surface area contributed by atoms with E-state index in [9.17, 15) is 71.2 Å². The smallest absolute Gasteiger partial charge is 0.311 e. The summed E-state index contributed by atoms with van der Waals surface area (Å²) >= 11 is 0. The second-order valence-electron chi connectivity index (χ2n) is 23.3. The predicted molar refractivity (Wildman–Crippen MR) is 228 cm³/mol. The molecule has 0 bridgehead atoms. The molecule has 3 aliphatic heterocycles. The molecule has 67 heavy (non-hydrogen) atoms. The highest BCUT2D eigenvalue weighted by Gasteiger charge is 2.73. The molecule has 7 fully saturated rings. The van der Waals surface area contributed by atoms with Crippen molar-refractivity contribution < 1.29 is 99.6 Å². The fourth-order valence-electron chi connectivity index (χ4n) is 15.3. The average molecular weight is 961 g/mol. The molecule has 5 aliphatic carbocycles. The number of hydrogen-bond donors (Lipinski definition) is 13. The molecule has 384 valence electrons. The number of rotatable bonds is 8. The highest BCUT2D eigenvalue weighted by Crippen LogP contribution is 2.75. The normalized spacial score (nSPS) is 56.4. The van der Waals surface area contributed by atoms with Gasteiger partial charge in [0.1, 0.15) is 54.9 Å². The maximum absolute atomic E-state index is 14.6. The highest BCUT2D eigenvalue weighted by atomic mass is 16.8. The molecule has 3 heterocycles. The van der Waals surface area contributed by atoms with E-state index in [2.05, 4.69) is 19.9 Å². The van der Waals surface area contributed by atoms with Crippen molar-refractivity contribution in [1.29, 1.82) is 0 Å². The molecule has 3 saturated heterocycles. The first kappa shape index (κ1) is 51.8. The van der Waals surface area contributed by atoms with Crippen LogP contribution >= 0.6 is 0 Å². The lowest BCUT2D eigenvalue weighted by atomic mass is 9.33. The van der Waals surface area contributed by atoms with Crippen molar-refractivity contribution in [3.05, 3.63) is 11.6 Å². The monoisotopic (exact) mass is 960 g/mol. The molecular formula is C47H76O20. The number of aliphatic hydroxyl groups is 13. The predicted octanol–water partition coefficient (Wildman–Crippen LogP) is -2.45. The van der Waals surface area contributed by atoms with Gasteiger partial charge in [0.25, 0.3) is 0 Å². The molecule has 8 aliphatic rings. The maximum Gasteiger partial charge on any atom is 0.311 e. The zero-order valence-electron chi connectivity index (χ0n) is 39.4. The van der Waals surface area contributed by atoms with Crippen LogP contribution in [0.5, 0.6) is 0 Å². The van der Waals surface area contributed by atoms with E-state index in [1.54, 1.807) is 6.92 Å². The zero-order valence-corrected chi connectivity index (χ0v) is 39.4. The van der Waals surface area contributed by atoms with Crippen molar-refractivity contribution in [2.75, 3.05) is 19.8 Å². The van der Waals surface area contributed by atoms with E-state index in [0.29, 0.717) is 19.3 Å². The summed E-state index contributed by atoms with van der Waals surface area (Å²) in [6.45, 7) is 11.8. The molecule has 0 aromatic carbocycles. The van der Waals surface area contributed by atoms with Crippen molar-refractivity contribution in [2.45, 2.75) is 197 Å². The van der Waals surface area contributed by atoms with Crippen LogP contribution < -0.4 is 0 Å². The Balaban J connectivity index is 1.06. The van der Waals surface area contributed by atoms with Gasteiger partial charge in [-0.05, 0) is 78.9 Å². The van der Waals surface area contributed by atoms with Gasteiger partial charge in [0, 0.05) is 17.3 Å². The van der Waals surface area contributed by atoms with E-state index in [-0.39, 0.29) is 31.1 Å². The third-order valence-electron chi connectivity index (χ3n) is 18.6. The van der Waals surface area contributed by atoms with Gasteiger partial charge in [-0.15, -0.1) is 0 Å². The molecule has 13 N–H and O–H groups in total. The molecule has 4 saturated carbocycles. The van der Waals surface area contributed by atoms with E-state index in [1.165, 1.54) is 6.92 Å². The van der Waals surface area contributed by atoms with Crippen LogP contribution in [0.15, 0.2) is 11.6 Å². The van der Waals surface area contributed by atoms with Gasteiger partial charge in [0.15, 0.2) is 18.7 Å². The van der Waals surface area contributed by atoms with E-state index < -0.39 is 181 Å². The Bertz CT molecular complexity index is 1830. The van der Waals surface area contributed by atoms with Crippen molar-refractivity contribution >= 4 is 5.97 Å². The molecule has 0 radical (unpaired) electrons. The first-order valence-corrected chi connectivity index (χ1v) is 24.0. The number of fused-ring (bicyclic) bond motifs is 7. The molecule has 27 atom stereocenters. The van der Waals surface area contributed by atoms with Crippen molar-refractivity contribution in [3.63, 3.8) is 0 Å². The Morgan fingerprint density at radius 1 is 0.687 bits per heavy atom. The standard InChI is InChI=1S/C47H76O20/c1-18-29(54)32(57)34(59)40(63-18)65-36-30(55)25(53)16-62-42(36)67-39(61)20-11-43(2,3)10-19-21-8-9-27-44(4)12-24(52)38(66-41-35(60)33(58)31(56)26(15-48)64-41)45(5,17-49)37(44)23(51)14-47(27,7)46(21,6)13-22(50)28(19)20/h8,18-20,22-38,40-42,48-60H,9-17H2,1-7H3/t18?,19-,20-,22-,23-,24+,25?,26?,27-,28-,29?,30?,31?,32?,33?,34?,35?,36?,37?,38+,40?,41?,42?,44-,45+,46-,47-/m1/s1. The van der Waals surface area contributed by atoms with Crippen LogP contribution in [-0.4, -0.2) is 203 Å². The van der Waals surface area contributed by atoms with E-state index in [4.69, 9.17) is 28.4 Å². The number of ether oxygens (including phenoxy) is 6. The minimum Gasteiger partial charge on any atom is -0.432 e. The lowest BCUT2D eigenvalue weighted by molar-refractivity contribution is -0.351.